The molecule has 9 heteroatoms. The first-order valence-corrected chi connectivity index (χ1v) is 8.33. The number of fused-ring (bicyclic) bond motifs is 2. The minimum Gasteiger partial charge on any atom is -0.365 e. The van der Waals surface area contributed by atoms with Crippen molar-refractivity contribution < 1.29 is 4.79 Å². The summed E-state index contributed by atoms with van der Waals surface area (Å²) in [5.41, 5.74) is 7.84. The Morgan fingerprint density at radius 3 is 3.22 bits per heavy atom. The Balaban J connectivity index is 1.41. The molecule has 1 aliphatic rings. The smallest absolute Gasteiger partial charge is 0.252 e. The van der Waals surface area contributed by atoms with Crippen LogP contribution in [0, 0.1) is 12.8 Å². The van der Waals surface area contributed by atoms with E-state index >= 15 is 0 Å². The van der Waals surface area contributed by atoms with Crippen LogP contribution in [0.2, 0.25) is 0 Å². The van der Waals surface area contributed by atoms with Crippen molar-refractivity contribution in [3.8, 4) is 0 Å². The van der Waals surface area contributed by atoms with Gasteiger partial charge in [0.2, 0.25) is 10.1 Å². The molecule has 4 rings (SSSR count). The highest BCUT2D eigenvalue weighted by molar-refractivity contribution is 7.20. The van der Waals surface area contributed by atoms with Gasteiger partial charge in [-0.3, -0.25) is 9.48 Å². The van der Waals surface area contributed by atoms with Crippen molar-refractivity contribution in [2.24, 2.45) is 11.7 Å². The van der Waals surface area contributed by atoms with Crippen molar-refractivity contribution in [2.75, 3.05) is 11.9 Å². The standard InChI is InChI=1S/C14H17N7OS/c1-8-6-21-14(18-8)23-13(19-21)16-4-9-2-3-11-10(12(15)22)5-17-20(11)7-9/h5-6,9H,2-4,7H2,1H3,(H2,15,22)(H,16,19). The van der Waals surface area contributed by atoms with Gasteiger partial charge in [0.15, 0.2) is 0 Å². The molecule has 1 unspecified atom stereocenters. The van der Waals surface area contributed by atoms with Gasteiger partial charge in [-0.05, 0) is 25.7 Å². The number of carbonyl (C=O) groups excluding carboxylic acids is 1. The van der Waals surface area contributed by atoms with Crippen molar-refractivity contribution in [2.45, 2.75) is 26.3 Å². The Morgan fingerprint density at radius 2 is 2.43 bits per heavy atom. The van der Waals surface area contributed by atoms with Crippen LogP contribution in [0.4, 0.5) is 5.13 Å². The van der Waals surface area contributed by atoms with Crippen molar-refractivity contribution in [1.82, 2.24) is 24.4 Å². The van der Waals surface area contributed by atoms with E-state index in [1.165, 1.54) is 0 Å². The molecule has 0 bridgehead atoms. The molecule has 3 aromatic rings. The van der Waals surface area contributed by atoms with Gasteiger partial charge in [-0.25, -0.2) is 9.50 Å². The van der Waals surface area contributed by atoms with Crippen LogP contribution in [-0.4, -0.2) is 36.8 Å². The summed E-state index contributed by atoms with van der Waals surface area (Å²) in [5, 5.41) is 13.0. The number of imidazole rings is 1. The SMILES string of the molecule is Cc1cn2nc(NCC3CCc4c(C(N)=O)cnn4C3)sc2n1. The van der Waals surface area contributed by atoms with Crippen LogP contribution < -0.4 is 11.1 Å². The first kappa shape index (κ1) is 14.2. The van der Waals surface area contributed by atoms with Gasteiger partial charge < -0.3 is 11.1 Å². The number of nitrogens with zero attached hydrogens (tertiary/aromatic N) is 5. The summed E-state index contributed by atoms with van der Waals surface area (Å²) in [7, 11) is 0. The van der Waals surface area contributed by atoms with Crippen LogP contribution in [0.1, 0.15) is 28.2 Å². The quantitative estimate of drug-likeness (QED) is 0.744. The second-order valence-electron chi connectivity index (χ2n) is 5.85. The lowest BCUT2D eigenvalue weighted by Crippen LogP contribution is -2.27. The maximum atomic E-state index is 11.4. The van der Waals surface area contributed by atoms with Crippen molar-refractivity contribution in [3.63, 3.8) is 0 Å². The molecule has 3 aromatic heterocycles. The summed E-state index contributed by atoms with van der Waals surface area (Å²) in [6.07, 6.45) is 5.32. The molecule has 0 spiro atoms. The average Bonchev–Trinajstić information content (AvgIpc) is 3.16. The van der Waals surface area contributed by atoms with Crippen LogP contribution >= 0.6 is 11.3 Å². The highest BCUT2D eigenvalue weighted by Gasteiger charge is 2.24. The van der Waals surface area contributed by atoms with Crippen LogP contribution in [-0.2, 0) is 13.0 Å². The van der Waals surface area contributed by atoms with Gasteiger partial charge in [0.1, 0.15) is 0 Å². The van der Waals surface area contributed by atoms with Gasteiger partial charge >= 0.3 is 0 Å². The van der Waals surface area contributed by atoms with Gasteiger partial charge in [-0.2, -0.15) is 5.10 Å². The number of carbonyl (C=O) groups is 1. The van der Waals surface area contributed by atoms with Crippen molar-refractivity contribution >= 4 is 27.3 Å². The summed E-state index contributed by atoms with van der Waals surface area (Å²) >= 11 is 1.55. The number of hydrogen-bond acceptors (Lipinski definition) is 6. The molecular weight excluding hydrogens is 314 g/mol. The number of amides is 1. The zero-order valence-corrected chi connectivity index (χ0v) is 13.5. The second-order valence-corrected chi connectivity index (χ2v) is 6.81. The molecule has 1 amide bonds. The van der Waals surface area contributed by atoms with E-state index in [1.807, 2.05) is 17.8 Å². The van der Waals surface area contributed by atoms with E-state index in [1.54, 1.807) is 22.0 Å². The lowest BCUT2D eigenvalue weighted by Gasteiger charge is -2.24. The molecule has 23 heavy (non-hydrogen) atoms. The van der Waals surface area contributed by atoms with Gasteiger partial charge in [0, 0.05) is 13.1 Å². The summed E-state index contributed by atoms with van der Waals surface area (Å²) in [4.78, 5) is 16.6. The fourth-order valence-electron chi connectivity index (χ4n) is 2.99. The summed E-state index contributed by atoms with van der Waals surface area (Å²) < 4.78 is 3.70. The average molecular weight is 331 g/mol. The third-order valence-electron chi connectivity index (χ3n) is 4.14. The van der Waals surface area contributed by atoms with E-state index < -0.39 is 5.91 Å². The predicted octanol–water partition coefficient (Wildman–Crippen LogP) is 1.07. The van der Waals surface area contributed by atoms with E-state index in [-0.39, 0.29) is 0 Å². The van der Waals surface area contributed by atoms with Crippen LogP contribution in [0.25, 0.3) is 4.96 Å². The first-order valence-electron chi connectivity index (χ1n) is 7.51. The molecule has 3 N–H and O–H groups in total. The van der Waals surface area contributed by atoms with Crippen LogP contribution in [0.3, 0.4) is 0 Å². The molecular formula is C14H17N7OS. The van der Waals surface area contributed by atoms with Gasteiger partial charge in [-0.1, -0.05) is 11.3 Å². The molecule has 0 saturated heterocycles. The fourth-order valence-corrected chi connectivity index (χ4v) is 3.83. The normalized spacial score (nSPS) is 17.3. The molecule has 0 aromatic carbocycles. The van der Waals surface area contributed by atoms with E-state index in [0.717, 1.165) is 47.4 Å². The number of aryl methyl sites for hydroxylation is 1. The van der Waals surface area contributed by atoms with E-state index in [2.05, 4.69) is 20.5 Å². The Kier molecular flexibility index (Phi) is 3.29. The number of aromatic nitrogens is 5. The highest BCUT2D eigenvalue weighted by atomic mass is 32.1. The monoisotopic (exact) mass is 331 g/mol. The Hall–Kier alpha value is -2.42. The molecule has 0 aliphatic carbocycles. The second kappa shape index (κ2) is 5.34. The lowest BCUT2D eigenvalue weighted by molar-refractivity contribution is 0.0998. The van der Waals surface area contributed by atoms with Crippen LogP contribution in [0.5, 0.6) is 0 Å². The highest BCUT2D eigenvalue weighted by Crippen LogP contribution is 2.24. The lowest BCUT2D eigenvalue weighted by atomic mass is 9.96. The topological polar surface area (TPSA) is 103 Å². The molecule has 8 nitrogen and oxygen atoms in total. The summed E-state index contributed by atoms with van der Waals surface area (Å²) in [6, 6.07) is 0. The molecule has 0 fully saturated rings. The van der Waals surface area contributed by atoms with Crippen LogP contribution in [0.15, 0.2) is 12.4 Å². The zero-order chi connectivity index (χ0) is 16.0. The predicted molar refractivity (Wildman–Crippen MR) is 86.6 cm³/mol. The van der Waals surface area contributed by atoms with Gasteiger partial charge in [0.05, 0.1) is 29.3 Å². The minimum absolute atomic E-state index is 0.399. The maximum absolute atomic E-state index is 11.4. The number of anilines is 1. The third kappa shape index (κ3) is 2.56. The summed E-state index contributed by atoms with van der Waals surface area (Å²) in [6.45, 7) is 3.57. The van der Waals surface area contributed by atoms with E-state index in [9.17, 15) is 4.79 Å². The van der Waals surface area contributed by atoms with Crippen molar-refractivity contribution in [3.05, 3.63) is 29.3 Å². The minimum atomic E-state index is -0.399. The molecule has 4 heterocycles. The molecule has 0 radical (unpaired) electrons. The largest absolute Gasteiger partial charge is 0.365 e. The van der Waals surface area contributed by atoms with Gasteiger partial charge in [0.25, 0.3) is 5.91 Å². The van der Waals surface area contributed by atoms with Gasteiger partial charge in [-0.15, -0.1) is 5.10 Å². The number of nitrogens with one attached hydrogen (secondary N) is 1. The zero-order valence-electron chi connectivity index (χ0n) is 12.7. The maximum Gasteiger partial charge on any atom is 0.252 e. The first-order chi connectivity index (χ1) is 11.1. The molecule has 1 aliphatic heterocycles. The number of primary amides is 1. The molecule has 120 valence electrons. The number of rotatable bonds is 4. The Bertz CT molecular complexity index is 846. The Morgan fingerprint density at radius 1 is 1.57 bits per heavy atom. The fraction of sp³-hybridized carbons (Fsp3) is 0.429. The molecule has 0 saturated carbocycles. The Labute approximate surface area is 136 Å². The van der Waals surface area contributed by atoms with Crippen molar-refractivity contribution in [1.29, 1.82) is 0 Å². The molecule has 1 atom stereocenters. The number of hydrogen-bond donors (Lipinski definition) is 2. The summed E-state index contributed by atoms with van der Waals surface area (Å²) in [5.74, 6) is 0.0466. The number of nitrogens with two attached hydrogens (primary N) is 1. The third-order valence-corrected chi connectivity index (χ3v) is 5.02. The van der Waals surface area contributed by atoms with E-state index in [4.69, 9.17) is 5.73 Å². The van der Waals surface area contributed by atoms with E-state index in [0.29, 0.717) is 11.5 Å².